The van der Waals surface area contributed by atoms with Gasteiger partial charge in [0, 0.05) is 23.7 Å². The minimum atomic E-state index is -4.42. The lowest BCUT2D eigenvalue weighted by atomic mass is 10.1. The third-order valence-electron chi connectivity index (χ3n) is 3.54. The van der Waals surface area contributed by atoms with Gasteiger partial charge in [0.15, 0.2) is 4.96 Å². The number of alkyl halides is 3. The Labute approximate surface area is 155 Å². The van der Waals surface area contributed by atoms with Crippen LogP contribution in [-0.2, 0) is 6.18 Å². The van der Waals surface area contributed by atoms with Crippen molar-refractivity contribution in [2.75, 3.05) is 13.1 Å². The molecule has 0 radical (unpaired) electrons. The first-order chi connectivity index (χ1) is 12.4. The molecule has 0 bridgehead atoms. The van der Waals surface area contributed by atoms with Gasteiger partial charge >= 0.3 is 6.18 Å². The fraction of sp³-hybridized carbons (Fsp3) is 0.188. The number of aromatic nitrogens is 2. The van der Waals surface area contributed by atoms with Crippen molar-refractivity contribution < 1.29 is 18.0 Å². The SMILES string of the molecule is O=C(NCCN=C=S)c1c(-c2ccc(C(F)(F)F)cc2)nc2sccn12. The highest BCUT2D eigenvalue weighted by Gasteiger charge is 2.30. The lowest BCUT2D eigenvalue weighted by molar-refractivity contribution is -0.137. The number of rotatable bonds is 5. The minimum absolute atomic E-state index is 0.256. The van der Waals surface area contributed by atoms with Crippen LogP contribution in [0.1, 0.15) is 16.1 Å². The number of nitrogens with one attached hydrogen (secondary N) is 1. The Kier molecular flexibility index (Phi) is 5.17. The lowest BCUT2D eigenvalue weighted by Gasteiger charge is -2.08. The Hall–Kier alpha value is -2.55. The van der Waals surface area contributed by atoms with Crippen molar-refractivity contribution in [3.05, 3.63) is 47.1 Å². The van der Waals surface area contributed by atoms with Gasteiger partial charge in [-0.2, -0.15) is 13.2 Å². The zero-order valence-corrected chi connectivity index (χ0v) is 14.7. The van der Waals surface area contributed by atoms with E-state index in [-0.39, 0.29) is 18.8 Å². The summed E-state index contributed by atoms with van der Waals surface area (Å²) < 4.78 is 39.8. The second-order valence-corrected chi connectivity index (χ2v) is 6.22. The van der Waals surface area contributed by atoms with E-state index in [9.17, 15) is 18.0 Å². The largest absolute Gasteiger partial charge is 0.416 e. The predicted octanol–water partition coefficient (Wildman–Crippen LogP) is 3.91. The molecule has 0 aliphatic rings. The maximum atomic E-state index is 12.7. The highest BCUT2D eigenvalue weighted by molar-refractivity contribution is 7.78. The summed E-state index contributed by atoms with van der Waals surface area (Å²) in [6.45, 7) is 0.544. The first-order valence-electron chi connectivity index (χ1n) is 7.37. The van der Waals surface area contributed by atoms with E-state index in [2.05, 4.69) is 32.7 Å². The highest BCUT2D eigenvalue weighted by Crippen LogP contribution is 2.32. The van der Waals surface area contributed by atoms with Crippen LogP contribution >= 0.6 is 23.6 Å². The summed E-state index contributed by atoms with van der Waals surface area (Å²) in [6.07, 6.45) is -2.74. The fourth-order valence-electron chi connectivity index (χ4n) is 2.38. The predicted molar refractivity (Wildman–Crippen MR) is 95.7 cm³/mol. The van der Waals surface area contributed by atoms with Crippen molar-refractivity contribution in [3.63, 3.8) is 0 Å². The van der Waals surface area contributed by atoms with Crippen LogP contribution in [0.15, 0.2) is 40.8 Å². The average Bonchev–Trinajstić information content (AvgIpc) is 3.18. The number of carbonyl (C=O) groups is 1. The maximum Gasteiger partial charge on any atom is 0.416 e. The second-order valence-electron chi connectivity index (χ2n) is 5.17. The summed E-state index contributed by atoms with van der Waals surface area (Å²) in [5.41, 5.74) is 0.246. The summed E-state index contributed by atoms with van der Waals surface area (Å²) in [5, 5.41) is 6.67. The number of fused-ring (bicyclic) bond motifs is 1. The number of thiazole rings is 1. The molecule has 5 nitrogen and oxygen atoms in total. The molecule has 10 heteroatoms. The van der Waals surface area contributed by atoms with Gasteiger partial charge < -0.3 is 5.32 Å². The molecule has 0 aliphatic carbocycles. The maximum absolute atomic E-state index is 12.7. The molecule has 0 fully saturated rings. The van der Waals surface area contributed by atoms with Crippen LogP contribution in [0.4, 0.5) is 13.2 Å². The quantitative estimate of drug-likeness (QED) is 0.404. The van der Waals surface area contributed by atoms with Crippen LogP contribution in [0.2, 0.25) is 0 Å². The van der Waals surface area contributed by atoms with Gasteiger partial charge in [-0.15, -0.1) is 11.3 Å². The summed E-state index contributed by atoms with van der Waals surface area (Å²) >= 11 is 5.78. The zero-order chi connectivity index (χ0) is 18.7. The van der Waals surface area contributed by atoms with Crippen LogP contribution in [0.5, 0.6) is 0 Å². The van der Waals surface area contributed by atoms with E-state index in [0.717, 1.165) is 12.1 Å². The van der Waals surface area contributed by atoms with Crippen LogP contribution in [-0.4, -0.2) is 33.5 Å². The van der Waals surface area contributed by atoms with E-state index < -0.39 is 17.6 Å². The van der Waals surface area contributed by atoms with Gasteiger partial charge in [0.25, 0.3) is 5.91 Å². The number of nitrogens with zero attached hydrogens (tertiary/aromatic N) is 3. The minimum Gasteiger partial charge on any atom is -0.349 e. The molecule has 0 spiro atoms. The molecule has 0 saturated carbocycles. The van der Waals surface area contributed by atoms with Crippen molar-refractivity contribution in [2.24, 2.45) is 4.99 Å². The van der Waals surface area contributed by atoms with Gasteiger partial charge in [0.05, 0.1) is 17.3 Å². The van der Waals surface area contributed by atoms with Crippen LogP contribution in [0.25, 0.3) is 16.2 Å². The first kappa shape index (κ1) is 18.2. The lowest BCUT2D eigenvalue weighted by Crippen LogP contribution is -2.27. The van der Waals surface area contributed by atoms with E-state index in [4.69, 9.17) is 0 Å². The molecule has 26 heavy (non-hydrogen) atoms. The average molecular weight is 396 g/mol. The molecule has 134 valence electrons. The van der Waals surface area contributed by atoms with E-state index in [1.807, 2.05) is 0 Å². The molecule has 1 N–H and O–H groups in total. The summed E-state index contributed by atoms with van der Waals surface area (Å²) in [6, 6.07) is 4.56. The smallest absolute Gasteiger partial charge is 0.349 e. The molecule has 3 aromatic rings. The van der Waals surface area contributed by atoms with Crippen molar-refractivity contribution in [1.82, 2.24) is 14.7 Å². The Bertz CT molecular complexity index is 985. The topological polar surface area (TPSA) is 58.8 Å². The van der Waals surface area contributed by atoms with E-state index in [0.29, 0.717) is 16.2 Å². The van der Waals surface area contributed by atoms with Gasteiger partial charge in [0.2, 0.25) is 0 Å². The van der Waals surface area contributed by atoms with E-state index in [1.54, 1.807) is 16.0 Å². The van der Waals surface area contributed by atoms with Crippen molar-refractivity contribution in [1.29, 1.82) is 0 Å². The summed E-state index contributed by atoms with van der Waals surface area (Å²) in [5.74, 6) is -0.398. The van der Waals surface area contributed by atoms with Crippen molar-refractivity contribution >= 4 is 39.6 Å². The van der Waals surface area contributed by atoms with Gasteiger partial charge in [-0.25, -0.2) is 9.98 Å². The van der Waals surface area contributed by atoms with Crippen LogP contribution in [0, 0.1) is 0 Å². The number of hydrogen-bond donors (Lipinski definition) is 1. The number of benzene rings is 1. The second kappa shape index (κ2) is 7.36. The monoisotopic (exact) mass is 396 g/mol. The Balaban J connectivity index is 1.97. The molecule has 2 aromatic heterocycles. The zero-order valence-electron chi connectivity index (χ0n) is 13.1. The van der Waals surface area contributed by atoms with Gasteiger partial charge in [-0.3, -0.25) is 9.20 Å². The number of amides is 1. The molecule has 0 unspecified atom stereocenters. The Morgan fingerprint density at radius 2 is 2.08 bits per heavy atom. The number of aliphatic imine (C=N–C) groups is 1. The molecule has 1 aromatic carbocycles. The molecule has 0 aliphatic heterocycles. The summed E-state index contributed by atoms with van der Waals surface area (Å²) in [4.78, 5) is 21.2. The van der Waals surface area contributed by atoms with Gasteiger partial charge in [-0.1, -0.05) is 12.1 Å². The normalized spacial score (nSPS) is 11.3. The number of carbonyl (C=O) groups excluding carboxylic acids is 1. The van der Waals surface area contributed by atoms with E-state index >= 15 is 0 Å². The molecule has 0 atom stereocenters. The van der Waals surface area contributed by atoms with Gasteiger partial charge in [0.1, 0.15) is 11.4 Å². The first-order valence-corrected chi connectivity index (χ1v) is 8.65. The summed E-state index contributed by atoms with van der Waals surface area (Å²) in [7, 11) is 0. The molecule has 1 amide bonds. The molecule has 3 rings (SSSR count). The fourth-order valence-corrected chi connectivity index (χ4v) is 3.18. The Morgan fingerprint density at radius 3 is 2.73 bits per heavy atom. The standard InChI is InChI=1S/C16H11F3N4OS2/c17-16(18,19)11-3-1-10(2-4-11)12-13(14(24)21-6-5-20-9-25)23-7-8-26-15(23)22-12/h1-4,7-8H,5-6H2,(H,21,24). The molecule has 0 saturated heterocycles. The van der Waals surface area contributed by atoms with Crippen LogP contribution in [0.3, 0.4) is 0 Å². The third-order valence-corrected chi connectivity index (χ3v) is 4.42. The molecular formula is C16H11F3N4OS2. The number of isothiocyanates is 1. The number of thiocarbonyl (C=S) groups is 1. The van der Waals surface area contributed by atoms with E-state index in [1.165, 1.54) is 23.5 Å². The van der Waals surface area contributed by atoms with Crippen molar-refractivity contribution in [3.8, 4) is 11.3 Å². The number of hydrogen-bond acceptors (Lipinski definition) is 5. The van der Waals surface area contributed by atoms with Gasteiger partial charge in [-0.05, 0) is 24.4 Å². The number of halogens is 3. The van der Waals surface area contributed by atoms with Crippen molar-refractivity contribution in [2.45, 2.75) is 6.18 Å². The third kappa shape index (κ3) is 3.67. The highest BCUT2D eigenvalue weighted by atomic mass is 32.1. The van der Waals surface area contributed by atoms with Crippen LogP contribution < -0.4 is 5.32 Å². The number of imidazole rings is 1. The molecular weight excluding hydrogens is 385 g/mol. The molecule has 2 heterocycles. The Morgan fingerprint density at radius 1 is 1.35 bits per heavy atom.